The number of aromatic amines is 1. The van der Waals surface area contributed by atoms with Crippen LogP contribution in [0.4, 0.5) is 0 Å². The second kappa shape index (κ2) is 5.32. The molecule has 1 amide bonds. The van der Waals surface area contributed by atoms with Gasteiger partial charge in [0.2, 0.25) is 0 Å². The van der Waals surface area contributed by atoms with Gasteiger partial charge in [0.15, 0.2) is 5.60 Å². The van der Waals surface area contributed by atoms with Gasteiger partial charge in [0.25, 0.3) is 5.91 Å². The minimum absolute atomic E-state index is 0.0190. The first-order valence-electron chi connectivity index (χ1n) is 7.49. The van der Waals surface area contributed by atoms with E-state index in [4.69, 9.17) is 9.47 Å². The Bertz CT molecular complexity index is 720. The molecule has 1 unspecified atom stereocenters. The molecule has 22 heavy (non-hydrogen) atoms. The van der Waals surface area contributed by atoms with E-state index < -0.39 is 5.60 Å². The lowest BCUT2D eigenvalue weighted by atomic mass is 9.81. The molecule has 2 aromatic rings. The number of aromatic nitrogens is 1. The monoisotopic (exact) mass is 302 g/mol. The average molecular weight is 302 g/mol. The molecule has 1 aromatic carbocycles. The van der Waals surface area contributed by atoms with E-state index in [1.54, 1.807) is 33.2 Å². The first kappa shape index (κ1) is 14.9. The van der Waals surface area contributed by atoms with Gasteiger partial charge in [0.05, 0.1) is 12.8 Å². The van der Waals surface area contributed by atoms with Crippen LogP contribution < -0.4 is 4.74 Å². The summed E-state index contributed by atoms with van der Waals surface area (Å²) < 4.78 is 11.1. The lowest BCUT2D eigenvalue weighted by Crippen LogP contribution is -2.47. The maximum Gasteiger partial charge on any atom is 0.260 e. The molecule has 0 fully saturated rings. The number of rotatable bonds is 3. The molecule has 5 nitrogen and oxygen atoms in total. The summed E-state index contributed by atoms with van der Waals surface area (Å²) in [5.74, 6) is 0.802. The van der Waals surface area contributed by atoms with E-state index in [1.807, 2.05) is 18.2 Å². The Morgan fingerprint density at radius 1 is 1.32 bits per heavy atom. The highest BCUT2D eigenvalue weighted by Crippen LogP contribution is 2.42. The van der Waals surface area contributed by atoms with Crippen LogP contribution in [0, 0.1) is 0 Å². The molecule has 0 saturated carbocycles. The summed E-state index contributed by atoms with van der Waals surface area (Å²) in [6.45, 7) is 0. The zero-order valence-electron chi connectivity index (χ0n) is 13.5. The second-order valence-electron chi connectivity index (χ2n) is 5.97. The number of aryl methyl sites for hydroxylation is 1. The first-order chi connectivity index (χ1) is 10.5. The van der Waals surface area contributed by atoms with Crippen LogP contribution in [0.1, 0.15) is 24.1 Å². The number of carbonyl (C=O) groups excluding carboxylic acids is 1. The van der Waals surface area contributed by atoms with Crippen molar-refractivity contribution >= 4 is 16.8 Å². The van der Waals surface area contributed by atoms with Gasteiger partial charge in [-0.3, -0.25) is 4.79 Å². The van der Waals surface area contributed by atoms with Gasteiger partial charge in [0, 0.05) is 32.1 Å². The number of hydrogen-bond donors (Lipinski definition) is 1. The maximum absolute atomic E-state index is 12.8. The number of benzene rings is 1. The fraction of sp³-hybridized carbons (Fsp3) is 0.471. The van der Waals surface area contributed by atoms with E-state index in [9.17, 15) is 4.79 Å². The predicted molar refractivity (Wildman–Crippen MR) is 85.2 cm³/mol. The zero-order valence-corrected chi connectivity index (χ0v) is 13.5. The molecule has 5 heteroatoms. The van der Waals surface area contributed by atoms with Gasteiger partial charge in [-0.1, -0.05) is 0 Å². The smallest absolute Gasteiger partial charge is 0.260 e. The third-order valence-corrected chi connectivity index (χ3v) is 4.57. The molecule has 0 saturated heterocycles. The van der Waals surface area contributed by atoms with E-state index in [0.29, 0.717) is 6.42 Å². The van der Waals surface area contributed by atoms with Crippen molar-refractivity contribution in [2.24, 2.45) is 0 Å². The molecule has 1 aromatic heterocycles. The molecule has 1 heterocycles. The molecule has 1 atom stereocenters. The summed E-state index contributed by atoms with van der Waals surface area (Å²) in [6.07, 6.45) is 2.55. The highest BCUT2D eigenvalue weighted by atomic mass is 16.5. The van der Waals surface area contributed by atoms with Crippen molar-refractivity contribution in [1.29, 1.82) is 0 Å². The number of ether oxygens (including phenoxy) is 2. The number of nitrogens with zero attached hydrogens (tertiary/aromatic N) is 1. The minimum Gasteiger partial charge on any atom is -0.497 e. The summed E-state index contributed by atoms with van der Waals surface area (Å²) in [5.41, 5.74) is 2.16. The molecule has 1 N–H and O–H groups in total. The Kier molecular flexibility index (Phi) is 3.60. The van der Waals surface area contributed by atoms with Gasteiger partial charge in [-0.25, -0.2) is 0 Å². The average Bonchev–Trinajstić information content (AvgIpc) is 2.92. The van der Waals surface area contributed by atoms with Gasteiger partial charge in [-0.05, 0) is 43.0 Å². The lowest BCUT2D eigenvalue weighted by molar-refractivity contribution is -0.156. The van der Waals surface area contributed by atoms with E-state index in [-0.39, 0.29) is 5.91 Å². The van der Waals surface area contributed by atoms with E-state index in [1.165, 1.54) is 0 Å². The van der Waals surface area contributed by atoms with Crippen molar-refractivity contribution < 1.29 is 14.3 Å². The Balaban J connectivity index is 2.23. The van der Waals surface area contributed by atoms with Crippen LogP contribution in [0.5, 0.6) is 5.75 Å². The third-order valence-electron chi connectivity index (χ3n) is 4.57. The second-order valence-corrected chi connectivity index (χ2v) is 5.97. The normalized spacial score (nSPS) is 20.7. The summed E-state index contributed by atoms with van der Waals surface area (Å²) >= 11 is 0. The highest BCUT2D eigenvalue weighted by Gasteiger charge is 2.46. The van der Waals surface area contributed by atoms with Crippen LogP contribution in [-0.2, 0) is 21.6 Å². The maximum atomic E-state index is 12.8. The number of likely N-dealkylation sites (N-methyl/N-ethyl adjacent to an activating group) is 1. The molecular weight excluding hydrogens is 280 g/mol. The third kappa shape index (κ3) is 2.00. The first-order valence-corrected chi connectivity index (χ1v) is 7.49. The molecule has 1 aliphatic rings. The molecule has 0 aliphatic heterocycles. The molecule has 3 rings (SSSR count). The zero-order chi connectivity index (χ0) is 15.9. The SMILES string of the molecule is COc1ccc2[nH]c3c(c2c1)CCCC3(OC)C(=O)N(C)C. The number of amides is 1. The molecule has 118 valence electrons. The molecular formula is C17H22N2O3. The number of hydrogen-bond acceptors (Lipinski definition) is 3. The van der Waals surface area contributed by atoms with Crippen LogP contribution in [0.3, 0.4) is 0 Å². The number of fused-ring (bicyclic) bond motifs is 3. The lowest BCUT2D eigenvalue weighted by Gasteiger charge is -2.36. The van der Waals surface area contributed by atoms with Gasteiger partial charge >= 0.3 is 0 Å². The Morgan fingerprint density at radius 3 is 2.73 bits per heavy atom. The summed E-state index contributed by atoms with van der Waals surface area (Å²) in [4.78, 5) is 17.8. The fourth-order valence-corrected chi connectivity index (χ4v) is 3.46. The van der Waals surface area contributed by atoms with Crippen LogP contribution in [0.15, 0.2) is 18.2 Å². The molecule has 0 bridgehead atoms. The Labute approximate surface area is 130 Å². The fourth-order valence-electron chi connectivity index (χ4n) is 3.46. The topological polar surface area (TPSA) is 54.6 Å². The van der Waals surface area contributed by atoms with Gasteiger partial charge in [-0.15, -0.1) is 0 Å². The Hall–Kier alpha value is -2.01. The van der Waals surface area contributed by atoms with Crippen molar-refractivity contribution in [3.63, 3.8) is 0 Å². The minimum atomic E-state index is -0.913. The standard InChI is InChI=1S/C17H22N2O3/c1-19(2)16(20)17(22-4)9-5-6-12-13-10-11(21-3)7-8-14(13)18-15(12)17/h7-8,10,18H,5-6,9H2,1-4H3. The molecule has 0 spiro atoms. The van der Waals surface area contributed by atoms with Crippen LogP contribution in [0.2, 0.25) is 0 Å². The number of H-pyrrole nitrogens is 1. The molecule has 0 radical (unpaired) electrons. The van der Waals surface area contributed by atoms with Crippen molar-refractivity contribution in [3.8, 4) is 5.75 Å². The highest BCUT2D eigenvalue weighted by molar-refractivity contribution is 5.92. The molecule has 1 aliphatic carbocycles. The van der Waals surface area contributed by atoms with Gasteiger partial charge < -0.3 is 19.4 Å². The van der Waals surface area contributed by atoms with Crippen LogP contribution in [0.25, 0.3) is 10.9 Å². The van der Waals surface area contributed by atoms with Gasteiger partial charge in [0.1, 0.15) is 5.75 Å². The Morgan fingerprint density at radius 2 is 2.09 bits per heavy atom. The van der Waals surface area contributed by atoms with Gasteiger partial charge in [-0.2, -0.15) is 0 Å². The van der Waals surface area contributed by atoms with Crippen molar-refractivity contribution in [2.45, 2.75) is 24.9 Å². The number of nitrogens with one attached hydrogen (secondary N) is 1. The van der Waals surface area contributed by atoms with Crippen molar-refractivity contribution in [2.75, 3.05) is 28.3 Å². The number of methoxy groups -OCH3 is 2. The quantitative estimate of drug-likeness (QED) is 0.947. The summed E-state index contributed by atoms with van der Waals surface area (Å²) in [6, 6.07) is 5.94. The van der Waals surface area contributed by atoms with Crippen LogP contribution >= 0.6 is 0 Å². The summed E-state index contributed by atoms with van der Waals surface area (Å²) in [7, 11) is 6.81. The van der Waals surface area contributed by atoms with E-state index in [0.717, 1.165) is 40.8 Å². The van der Waals surface area contributed by atoms with Crippen molar-refractivity contribution in [3.05, 3.63) is 29.5 Å². The predicted octanol–water partition coefficient (Wildman–Crippen LogP) is 2.44. The number of carbonyl (C=O) groups is 1. The summed E-state index contributed by atoms with van der Waals surface area (Å²) in [5, 5.41) is 1.11. The van der Waals surface area contributed by atoms with E-state index >= 15 is 0 Å². The largest absolute Gasteiger partial charge is 0.497 e. The van der Waals surface area contributed by atoms with Crippen molar-refractivity contribution in [1.82, 2.24) is 9.88 Å². The van der Waals surface area contributed by atoms with Crippen LogP contribution in [-0.4, -0.2) is 44.1 Å². The van der Waals surface area contributed by atoms with E-state index in [2.05, 4.69) is 4.98 Å².